The van der Waals surface area contributed by atoms with E-state index in [9.17, 15) is 5.11 Å². The van der Waals surface area contributed by atoms with Crippen molar-refractivity contribution in [2.75, 3.05) is 0 Å². The molecule has 0 aliphatic heterocycles. The SMILES string of the molecule is Cc1ccc(O)c(-c2c(Cl)c(Cl)cc3n[nH]nc23)c1. The molecule has 0 saturated heterocycles. The maximum Gasteiger partial charge on any atom is 0.123 e. The van der Waals surface area contributed by atoms with Gasteiger partial charge in [-0.3, -0.25) is 0 Å². The molecule has 19 heavy (non-hydrogen) atoms. The molecule has 0 aliphatic carbocycles. The lowest BCUT2D eigenvalue weighted by Crippen LogP contribution is -1.87. The van der Waals surface area contributed by atoms with Gasteiger partial charge in [0.05, 0.1) is 10.0 Å². The molecule has 0 radical (unpaired) electrons. The Labute approximate surface area is 119 Å². The van der Waals surface area contributed by atoms with Crippen molar-refractivity contribution in [3.8, 4) is 16.9 Å². The summed E-state index contributed by atoms with van der Waals surface area (Å²) in [4.78, 5) is 0. The number of aromatic hydroxyl groups is 1. The number of phenols is 1. The summed E-state index contributed by atoms with van der Waals surface area (Å²) in [7, 11) is 0. The number of phenolic OH excluding ortho intramolecular Hbond substituents is 1. The fourth-order valence-corrected chi connectivity index (χ4v) is 2.47. The maximum absolute atomic E-state index is 10.0. The summed E-state index contributed by atoms with van der Waals surface area (Å²) in [5.41, 5.74) is 3.35. The summed E-state index contributed by atoms with van der Waals surface area (Å²) in [6, 6.07) is 6.91. The van der Waals surface area contributed by atoms with E-state index in [1.54, 1.807) is 12.1 Å². The van der Waals surface area contributed by atoms with E-state index in [0.717, 1.165) is 5.56 Å². The van der Waals surface area contributed by atoms with Gasteiger partial charge < -0.3 is 5.11 Å². The van der Waals surface area contributed by atoms with Crippen LogP contribution in [0.15, 0.2) is 24.3 Å². The zero-order chi connectivity index (χ0) is 13.6. The molecule has 0 amide bonds. The first-order valence-corrected chi connectivity index (χ1v) is 6.32. The standard InChI is InChI=1S/C13H9Cl2N3O/c1-6-2-3-10(19)7(4-6)11-12(15)8(14)5-9-13(11)17-18-16-9/h2-5,19H,1H3,(H,16,17,18). The largest absolute Gasteiger partial charge is 0.507 e. The Morgan fingerprint density at radius 3 is 2.74 bits per heavy atom. The van der Waals surface area contributed by atoms with Gasteiger partial charge in [-0.2, -0.15) is 15.4 Å². The predicted octanol–water partition coefficient (Wildman–Crippen LogP) is 3.95. The lowest BCUT2D eigenvalue weighted by Gasteiger charge is -2.09. The highest BCUT2D eigenvalue weighted by Gasteiger charge is 2.18. The molecular weight excluding hydrogens is 285 g/mol. The second-order valence-corrected chi connectivity index (χ2v) is 5.04. The average molecular weight is 294 g/mol. The number of hydrogen-bond donors (Lipinski definition) is 2. The molecular formula is C13H9Cl2N3O. The number of aryl methyl sites for hydroxylation is 1. The lowest BCUT2D eigenvalue weighted by atomic mass is 10.0. The van der Waals surface area contributed by atoms with Gasteiger partial charge in [0.2, 0.25) is 0 Å². The second kappa shape index (κ2) is 4.40. The minimum Gasteiger partial charge on any atom is -0.507 e. The fraction of sp³-hybridized carbons (Fsp3) is 0.0769. The van der Waals surface area contributed by atoms with Crippen molar-refractivity contribution >= 4 is 34.2 Å². The van der Waals surface area contributed by atoms with Crippen molar-refractivity contribution in [3.63, 3.8) is 0 Å². The van der Waals surface area contributed by atoms with Crippen LogP contribution in [0.4, 0.5) is 0 Å². The summed E-state index contributed by atoms with van der Waals surface area (Å²) in [6.45, 7) is 1.93. The minimum absolute atomic E-state index is 0.124. The third-order valence-corrected chi connectivity index (χ3v) is 3.71. The summed E-state index contributed by atoms with van der Waals surface area (Å²) >= 11 is 12.4. The molecule has 0 fully saturated rings. The Balaban J connectivity index is 2.44. The van der Waals surface area contributed by atoms with Crippen LogP contribution in [0.5, 0.6) is 5.75 Å². The van der Waals surface area contributed by atoms with Gasteiger partial charge in [-0.05, 0) is 25.1 Å². The minimum atomic E-state index is 0.124. The van der Waals surface area contributed by atoms with Crippen LogP contribution in [-0.4, -0.2) is 20.5 Å². The normalized spacial score (nSPS) is 11.1. The summed E-state index contributed by atoms with van der Waals surface area (Å²) in [5.74, 6) is 0.124. The van der Waals surface area contributed by atoms with Crippen LogP contribution >= 0.6 is 23.2 Å². The molecule has 0 bridgehead atoms. The molecule has 2 aromatic carbocycles. The van der Waals surface area contributed by atoms with Crippen LogP contribution in [0.2, 0.25) is 10.0 Å². The molecule has 0 spiro atoms. The number of H-pyrrole nitrogens is 1. The third kappa shape index (κ3) is 1.93. The summed E-state index contributed by atoms with van der Waals surface area (Å²) in [6.07, 6.45) is 0. The van der Waals surface area contributed by atoms with Crippen LogP contribution in [0.25, 0.3) is 22.2 Å². The monoisotopic (exact) mass is 293 g/mol. The maximum atomic E-state index is 10.0. The Morgan fingerprint density at radius 1 is 1.16 bits per heavy atom. The van der Waals surface area contributed by atoms with Crippen molar-refractivity contribution in [3.05, 3.63) is 39.9 Å². The molecule has 1 aromatic heterocycles. The Bertz CT molecular complexity index is 783. The summed E-state index contributed by atoms with van der Waals surface area (Å²) in [5, 5.41) is 21.4. The number of benzene rings is 2. The van der Waals surface area contributed by atoms with Crippen molar-refractivity contribution in [1.82, 2.24) is 15.4 Å². The van der Waals surface area contributed by atoms with Gasteiger partial charge in [0.1, 0.15) is 16.8 Å². The molecule has 0 unspecified atom stereocenters. The van der Waals surface area contributed by atoms with Gasteiger partial charge in [0, 0.05) is 11.1 Å². The topological polar surface area (TPSA) is 61.8 Å². The molecule has 3 rings (SSSR count). The van der Waals surface area contributed by atoms with Crippen LogP contribution in [-0.2, 0) is 0 Å². The molecule has 1 heterocycles. The molecule has 6 heteroatoms. The van der Waals surface area contributed by atoms with Crippen LogP contribution in [0, 0.1) is 6.92 Å². The molecule has 3 aromatic rings. The van der Waals surface area contributed by atoms with Crippen molar-refractivity contribution in [1.29, 1.82) is 0 Å². The van der Waals surface area contributed by atoms with E-state index in [4.69, 9.17) is 23.2 Å². The van der Waals surface area contributed by atoms with Gasteiger partial charge in [-0.15, -0.1) is 0 Å². The van der Waals surface area contributed by atoms with Gasteiger partial charge in [-0.1, -0.05) is 34.8 Å². The smallest absolute Gasteiger partial charge is 0.123 e. The molecule has 0 aliphatic rings. The molecule has 96 valence electrons. The summed E-state index contributed by atoms with van der Waals surface area (Å²) < 4.78 is 0. The van der Waals surface area contributed by atoms with Gasteiger partial charge >= 0.3 is 0 Å². The quantitative estimate of drug-likeness (QED) is 0.714. The highest BCUT2D eigenvalue weighted by molar-refractivity contribution is 6.45. The van der Waals surface area contributed by atoms with Crippen LogP contribution in [0.3, 0.4) is 0 Å². The third-order valence-electron chi connectivity index (χ3n) is 2.93. The average Bonchev–Trinajstić information content (AvgIpc) is 2.82. The first-order chi connectivity index (χ1) is 9.08. The van der Waals surface area contributed by atoms with Crippen LogP contribution in [0.1, 0.15) is 5.56 Å². The number of nitrogens with zero attached hydrogens (tertiary/aromatic N) is 2. The van der Waals surface area contributed by atoms with Crippen molar-refractivity contribution < 1.29 is 5.11 Å². The van der Waals surface area contributed by atoms with E-state index < -0.39 is 0 Å². The number of nitrogens with one attached hydrogen (secondary N) is 1. The number of fused-ring (bicyclic) bond motifs is 1. The predicted molar refractivity (Wildman–Crippen MR) is 75.7 cm³/mol. The lowest BCUT2D eigenvalue weighted by molar-refractivity contribution is 0.477. The van der Waals surface area contributed by atoms with E-state index in [1.165, 1.54) is 0 Å². The van der Waals surface area contributed by atoms with Crippen LogP contribution < -0.4 is 0 Å². The fourth-order valence-electron chi connectivity index (χ4n) is 2.03. The van der Waals surface area contributed by atoms with E-state index in [0.29, 0.717) is 32.2 Å². The van der Waals surface area contributed by atoms with Crippen molar-refractivity contribution in [2.24, 2.45) is 0 Å². The zero-order valence-corrected chi connectivity index (χ0v) is 11.4. The number of aromatic nitrogens is 3. The Kier molecular flexibility index (Phi) is 2.84. The molecule has 4 nitrogen and oxygen atoms in total. The molecule has 0 atom stereocenters. The van der Waals surface area contributed by atoms with E-state index in [1.807, 2.05) is 19.1 Å². The molecule has 0 saturated carbocycles. The highest BCUT2D eigenvalue weighted by atomic mass is 35.5. The van der Waals surface area contributed by atoms with E-state index in [-0.39, 0.29) is 5.75 Å². The first kappa shape index (κ1) is 12.3. The van der Waals surface area contributed by atoms with Gasteiger partial charge in [-0.25, -0.2) is 0 Å². The zero-order valence-electron chi connectivity index (χ0n) is 9.91. The number of halogens is 2. The van der Waals surface area contributed by atoms with E-state index >= 15 is 0 Å². The Morgan fingerprint density at radius 2 is 1.95 bits per heavy atom. The highest BCUT2D eigenvalue weighted by Crippen LogP contribution is 2.42. The van der Waals surface area contributed by atoms with Gasteiger partial charge in [0.15, 0.2) is 0 Å². The molecule has 2 N–H and O–H groups in total. The number of hydrogen-bond acceptors (Lipinski definition) is 3. The Hall–Kier alpha value is -1.78. The van der Waals surface area contributed by atoms with Gasteiger partial charge in [0.25, 0.3) is 0 Å². The number of aromatic amines is 1. The van der Waals surface area contributed by atoms with E-state index in [2.05, 4.69) is 15.4 Å². The first-order valence-electron chi connectivity index (χ1n) is 5.56. The number of rotatable bonds is 1. The van der Waals surface area contributed by atoms with Crippen molar-refractivity contribution in [2.45, 2.75) is 6.92 Å². The second-order valence-electron chi connectivity index (χ2n) is 4.26.